The van der Waals surface area contributed by atoms with Crippen molar-refractivity contribution in [2.75, 3.05) is 12.4 Å². The van der Waals surface area contributed by atoms with Crippen molar-refractivity contribution < 1.29 is 9.90 Å². The lowest BCUT2D eigenvalue weighted by Gasteiger charge is -2.16. The van der Waals surface area contributed by atoms with Crippen molar-refractivity contribution in [1.29, 1.82) is 0 Å². The van der Waals surface area contributed by atoms with Crippen molar-refractivity contribution in [3.05, 3.63) is 52.0 Å². The average Bonchev–Trinajstić information content (AvgIpc) is 2.91. The van der Waals surface area contributed by atoms with E-state index >= 15 is 0 Å². The van der Waals surface area contributed by atoms with Crippen molar-refractivity contribution in [3.63, 3.8) is 0 Å². The Kier molecular flexibility index (Phi) is 6.22. The molecule has 0 aliphatic rings. The first-order chi connectivity index (χ1) is 10.2. The Hall–Kier alpha value is -1.37. The minimum Gasteiger partial charge on any atom is -0.394 e. The number of thioether (sulfide) groups is 1. The summed E-state index contributed by atoms with van der Waals surface area (Å²) in [6, 6.07) is 9.14. The summed E-state index contributed by atoms with van der Waals surface area (Å²) in [6.07, 6.45) is 0. The second-order valence-corrected chi connectivity index (χ2v) is 6.61. The lowest BCUT2D eigenvalue weighted by atomic mass is 10.1. The molecule has 0 bridgehead atoms. The van der Waals surface area contributed by atoms with Crippen LogP contribution in [-0.2, 0) is 10.5 Å². The van der Waals surface area contributed by atoms with Gasteiger partial charge in [-0.1, -0.05) is 30.3 Å². The van der Waals surface area contributed by atoms with Crippen LogP contribution >= 0.6 is 23.1 Å². The minimum atomic E-state index is -0.346. The third-order valence-corrected chi connectivity index (χ3v) is 4.66. The number of aryl methyl sites for hydroxylation is 1. The van der Waals surface area contributed by atoms with Crippen LogP contribution in [0.3, 0.4) is 0 Å². The molecule has 1 atom stereocenters. The smallest absolute Gasteiger partial charge is 0.230 e. The zero-order chi connectivity index (χ0) is 15.1. The predicted octanol–water partition coefficient (Wildman–Crippen LogP) is 2.53. The number of aliphatic hydroxyl groups is 1. The van der Waals surface area contributed by atoms with Crippen LogP contribution in [0.15, 0.2) is 35.7 Å². The number of aliphatic hydroxyl groups excluding tert-OH is 1. The van der Waals surface area contributed by atoms with Crippen molar-refractivity contribution in [2.45, 2.75) is 18.7 Å². The van der Waals surface area contributed by atoms with Gasteiger partial charge < -0.3 is 10.4 Å². The quantitative estimate of drug-likeness (QED) is 0.822. The summed E-state index contributed by atoms with van der Waals surface area (Å²) in [5.41, 5.74) is 1.92. The predicted molar refractivity (Wildman–Crippen MR) is 87.4 cm³/mol. The van der Waals surface area contributed by atoms with Crippen LogP contribution in [0.4, 0.5) is 0 Å². The van der Waals surface area contributed by atoms with Crippen molar-refractivity contribution in [3.8, 4) is 0 Å². The number of thiazole rings is 1. The van der Waals surface area contributed by atoms with Gasteiger partial charge in [-0.05, 0) is 12.5 Å². The maximum Gasteiger partial charge on any atom is 0.230 e. The van der Waals surface area contributed by atoms with E-state index in [9.17, 15) is 9.90 Å². The minimum absolute atomic E-state index is 0.0742. The van der Waals surface area contributed by atoms with Crippen LogP contribution in [0, 0.1) is 6.92 Å². The van der Waals surface area contributed by atoms with Gasteiger partial charge >= 0.3 is 0 Å². The maximum absolute atomic E-state index is 11.9. The van der Waals surface area contributed by atoms with E-state index in [1.165, 1.54) is 11.8 Å². The van der Waals surface area contributed by atoms with Gasteiger partial charge in [0.05, 0.1) is 29.1 Å². The molecular weight excluding hydrogens is 304 g/mol. The molecule has 1 aromatic carbocycles. The van der Waals surface area contributed by atoms with Crippen LogP contribution in [-0.4, -0.2) is 28.4 Å². The van der Waals surface area contributed by atoms with Gasteiger partial charge in [0.2, 0.25) is 5.91 Å². The molecule has 0 aliphatic carbocycles. The van der Waals surface area contributed by atoms with Gasteiger partial charge in [-0.25, -0.2) is 4.98 Å². The summed E-state index contributed by atoms with van der Waals surface area (Å²) in [4.78, 5) is 16.3. The summed E-state index contributed by atoms with van der Waals surface area (Å²) in [5, 5.41) is 15.3. The molecule has 21 heavy (non-hydrogen) atoms. The molecule has 1 amide bonds. The highest BCUT2D eigenvalue weighted by Crippen LogP contribution is 2.16. The SMILES string of the molecule is Cc1nc(CSCC(=O)NC(CO)c2ccccc2)cs1. The zero-order valence-corrected chi connectivity index (χ0v) is 13.4. The van der Waals surface area contributed by atoms with Crippen molar-refractivity contribution >= 4 is 29.0 Å². The first kappa shape index (κ1) is 16.0. The Morgan fingerprint density at radius 3 is 2.81 bits per heavy atom. The van der Waals surface area contributed by atoms with Gasteiger partial charge in [0.1, 0.15) is 0 Å². The fraction of sp³-hybridized carbons (Fsp3) is 0.333. The Morgan fingerprint density at radius 1 is 1.43 bits per heavy atom. The largest absolute Gasteiger partial charge is 0.394 e. The summed E-state index contributed by atoms with van der Waals surface area (Å²) in [7, 11) is 0. The number of rotatable bonds is 7. The number of hydrogen-bond acceptors (Lipinski definition) is 5. The first-order valence-corrected chi connectivity index (χ1v) is 8.66. The molecule has 2 N–H and O–H groups in total. The Bertz CT molecular complexity index is 572. The van der Waals surface area contributed by atoms with Crippen LogP contribution in [0.5, 0.6) is 0 Å². The number of aromatic nitrogens is 1. The normalized spacial score (nSPS) is 12.1. The molecular formula is C15H18N2O2S2. The van der Waals surface area contributed by atoms with E-state index < -0.39 is 0 Å². The second kappa shape index (κ2) is 8.17. The summed E-state index contributed by atoms with van der Waals surface area (Å²) >= 11 is 3.14. The highest BCUT2D eigenvalue weighted by atomic mass is 32.2. The number of carbonyl (C=O) groups is 1. The third kappa shape index (κ3) is 5.15. The highest BCUT2D eigenvalue weighted by molar-refractivity contribution is 7.99. The molecule has 112 valence electrons. The number of benzene rings is 1. The topological polar surface area (TPSA) is 62.2 Å². The van der Waals surface area contributed by atoms with Crippen LogP contribution < -0.4 is 5.32 Å². The van der Waals surface area contributed by atoms with E-state index in [4.69, 9.17) is 0 Å². The molecule has 2 aromatic rings. The Labute approximate surface area is 132 Å². The molecule has 0 saturated heterocycles. The number of nitrogens with zero attached hydrogens (tertiary/aromatic N) is 1. The fourth-order valence-corrected chi connectivity index (χ4v) is 3.32. The number of nitrogens with one attached hydrogen (secondary N) is 1. The fourth-order valence-electron chi connectivity index (χ4n) is 1.88. The number of amides is 1. The molecule has 1 aromatic heterocycles. The standard InChI is InChI=1S/C15H18N2O2S2/c1-11-16-13(9-21-11)8-20-10-15(19)17-14(7-18)12-5-3-2-4-6-12/h2-6,9,14,18H,7-8,10H2,1H3,(H,17,19). The second-order valence-electron chi connectivity index (χ2n) is 4.56. The van der Waals surface area contributed by atoms with Crippen LogP contribution in [0.2, 0.25) is 0 Å². The van der Waals surface area contributed by atoms with Gasteiger partial charge in [-0.15, -0.1) is 23.1 Å². The monoisotopic (exact) mass is 322 g/mol. The molecule has 0 saturated carbocycles. The molecule has 1 unspecified atom stereocenters. The van der Waals surface area contributed by atoms with Crippen LogP contribution in [0.25, 0.3) is 0 Å². The highest BCUT2D eigenvalue weighted by Gasteiger charge is 2.13. The first-order valence-electron chi connectivity index (χ1n) is 6.63. The average molecular weight is 322 g/mol. The van der Waals surface area contributed by atoms with Gasteiger partial charge in [0, 0.05) is 11.1 Å². The molecule has 0 spiro atoms. The number of carbonyl (C=O) groups excluding carboxylic acids is 1. The third-order valence-electron chi connectivity index (χ3n) is 2.87. The lowest BCUT2D eigenvalue weighted by molar-refractivity contribution is -0.119. The Morgan fingerprint density at radius 2 is 2.19 bits per heavy atom. The van der Waals surface area contributed by atoms with Crippen LogP contribution in [0.1, 0.15) is 22.3 Å². The molecule has 2 rings (SSSR count). The summed E-state index contributed by atoms with van der Waals surface area (Å²) < 4.78 is 0. The van der Waals surface area contributed by atoms with Crippen molar-refractivity contribution in [2.24, 2.45) is 0 Å². The molecule has 0 radical (unpaired) electrons. The van der Waals surface area contributed by atoms with Gasteiger partial charge in [0.15, 0.2) is 0 Å². The summed E-state index contributed by atoms with van der Waals surface area (Å²) in [5.74, 6) is 1.02. The Balaban J connectivity index is 1.78. The van der Waals surface area contributed by atoms with E-state index in [0.717, 1.165) is 22.0 Å². The van der Waals surface area contributed by atoms with Gasteiger partial charge in [-0.2, -0.15) is 0 Å². The maximum atomic E-state index is 11.9. The van der Waals surface area contributed by atoms with E-state index in [-0.39, 0.29) is 18.6 Å². The van der Waals surface area contributed by atoms with E-state index in [1.807, 2.05) is 42.6 Å². The van der Waals surface area contributed by atoms with E-state index in [2.05, 4.69) is 10.3 Å². The van der Waals surface area contributed by atoms with E-state index in [0.29, 0.717) is 5.75 Å². The molecule has 6 heteroatoms. The number of hydrogen-bond donors (Lipinski definition) is 2. The molecule has 0 aliphatic heterocycles. The van der Waals surface area contributed by atoms with Gasteiger partial charge in [0.25, 0.3) is 0 Å². The van der Waals surface area contributed by atoms with Crippen molar-refractivity contribution in [1.82, 2.24) is 10.3 Å². The zero-order valence-electron chi connectivity index (χ0n) is 11.8. The lowest BCUT2D eigenvalue weighted by Crippen LogP contribution is -2.32. The summed E-state index contributed by atoms with van der Waals surface area (Å²) in [6.45, 7) is 1.86. The van der Waals surface area contributed by atoms with E-state index in [1.54, 1.807) is 11.3 Å². The molecule has 4 nitrogen and oxygen atoms in total. The molecule has 0 fully saturated rings. The van der Waals surface area contributed by atoms with Gasteiger partial charge in [-0.3, -0.25) is 4.79 Å². The molecule has 1 heterocycles.